The molecule has 1 heterocycles. The summed E-state index contributed by atoms with van der Waals surface area (Å²) in [5.74, 6) is -0.716. The summed E-state index contributed by atoms with van der Waals surface area (Å²) < 4.78 is 5.52. The van der Waals surface area contributed by atoms with Gasteiger partial charge in [0.15, 0.2) is 11.5 Å². The second-order valence-electron chi connectivity index (χ2n) is 6.44. The highest BCUT2D eigenvalue weighted by Gasteiger charge is 2.27. The predicted molar refractivity (Wildman–Crippen MR) is 111 cm³/mol. The monoisotopic (exact) mass is 408 g/mol. The predicted octanol–water partition coefficient (Wildman–Crippen LogP) is 4.98. The first-order chi connectivity index (χ1) is 14.0. The number of fused-ring (bicyclic) bond motifs is 1. The average Bonchev–Trinajstić information content (AvgIpc) is 3.15. The molecule has 7 heteroatoms. The van der Waals surface area contributed by atoms with E-state index in [1.165, 1.54) is 6.07 Å². The number of hydrogen-bond acceptors (Lipinski definition) is 5. The number of benzene rings is 3. The topological polar surface area (TPSA) is 95.6 Å². The zero-order chi connectivity index (χ0) is 20.5. The molecule has 3 N–H and O–H groups in total. The highest BCUT2D eigenvalue weighted by molar-refractivity contribution is 6.32. The number of amides is 1. The highest BCUT2D eigenvalue weighted by Crippen LogP contribution is 2.44. The van der Waals surface area contributed by atoms with Crippen LogP contribution in [-0.2, 0) is 0 Å². The van der Waals surface area contributed by atoms with E-state index in [4.69, 9.17) is 16.1 Å². The summed E-state index contributed by atoms with van der Waals surface area (Å²) >= 11 is 6.05. The third kappa shape index (κ3) is 3.28. The van der Waals surface area contributed by atoms with Crippen molar-refractivity contribution in [2.45, 2.75) is 6.92 Å². The quantitative estimate of drug-likeness (QED) is 0.442. The first-order valence-electron chi connectivity index (χ1n) is 8.99. The molecule has 0 bridgehead atoms. The Kier molecular flexibility index (Phi) is 4.86. The van der Waals surface area contributed by atoms with Crippen LogP contribution in [0.2, 0.25) is 5.02 Å². The smallest absolute Gasteiger partial charge is 0.274 e. The Labute approximate surface area is 171 Å². The van der Waals surface area contributed by atoms with E-state index in [9.17, 15) is 15.0 Å². The fraction of sp³-hybridized carbons (Fsp3) is 0.0909. The third-order valence-corrected chi connectivity index (χ3v) is 4.92. The SMILES string of the molecule is CCNC(=O)c1noc(-c2cc(Cl)c(O)cc2O)c1-c1cccc2ccccc12. The Bertz CT molecular complexity index is 1230. The van der Waals surface area contributed by atoms with Gasteiger partial charge in [-0.3, -0.25) is 4.79 Å². The second-order valence-corrected chi connectivity index (χ2v) is 6.85. The van der Waals surface area contributed by atoms with Gasteiger partial charge in [-0.25, -0.2) is 0 Å². The van der Waals surface area contributed by atoms with Crippen LogP contribution in [0.4, 0.5) is 0 Å². The molecular formula is C22H17ClN2O4. The van der Waals surface area contributed by atoms with Crippen LogP contribution in [0, 0.1) is 0 Å². The molecule has 6 nitrogen and oxygen atoms in total. The van der Waals surface area contributed by atoms with Crippen LogP contribution in [0.3, 0.4) is 0 Å². The van der Waals surface area contributed by atoms with Gasteiger partial charge in [0, 0.05) is 12.6 Å². The largest absolute Gasteiger partial charge is 0.507 e. The molecule has 4 aromatic rings. The van der Waals surface area contributed by atoms with Gasteiger partial charge in [-0.05, 0) is 29.3 Å². The number of phenolic OH excluding ortho intramolecular Hbond substituents is 2. The lowest BCUT2D eigenvalue weighted by molar-refractivity contribution is 0.0947. The van der Waals surface area contributed by atoms with Gasteiger partial charge in [0.05, 0.1) is 16.1 Å². The minimum Gasteiger partial charge on any atom is -0.507 e. The number of carbonyl (C=O) groups excluding carboxylic acids is 1. The molecule has 0 aliphatic heterocycles. The zero-order valence-electron chi connectivity index (χ0n) is 15.4. The van der Waals surface area contributed by atoms with Crippen LogP contribution in [0.5, 0.6) is 11.5 Å². The normalized spacial score (nSPS) is 11.0. The number of nitrogens with zero attached hydrogens (tertiary/aromatic N) is 1. The lowest BCUT2D eigenvalue weighted by Gasteiger charge is -2.10. The number of aromatic hydroxyl groups is 2. The van der Waals surface area contributed by atoms with Gasteiger partial charge in [0.25, 0.3) is 5.91 Å². The van der Waals surface area contributed by atoms with Crippen LogP contribution < -0.4 is 5.32 Å². The number of carbonyl (C=O) groups is 1. The molecule has 0 aliphatic rings. The minimum absolute atomic E-state index is 0.0395. The molecule has 0 spiro atoms. The number of nitrogens with one attached hydrogen (secondary N) is 1. The molecule has 0 fully saturated rings. The Morgan fingerprint density at radius 1 is 1.07 bits per heavy atom. The van der Waals surface area contributed by atoms with E-state index in [1.807, 2.05) is 49.4 Å². The minimum atomic E-state index is -0.394. The summed E-state index contributed by atoms with van der Waals surface area (Å²) in [5.41, 5.74) is 1.48. The number of phenols is 2. The number of hydrogen-bond donors (Lipinski definition) is 3. The van der Waals surface area contributed by atoms with E-state index in [1.54, 1.807) is 0 Å². The lowest BCUT2D eigenvalue weighted by Crippen LogP contribution is -2.23. The van der Waals surface area contributed by atoms with Crippen molar-refractivity contribution in [2.75, 3.05) is 6.54 Å². The van der Waals surface area contributed by atoms with E-state index >= 15 is 0 Å². The first-order valence-corrected chi connectivity index (χ1v) is 9.37. The summed E-state index contributed by atoms with van der Waals surface area (Å²) in [6, 6.07) is 15.9. The van der Waals surface area contributed by atoms with Crippen LogP contribution in [0.25, 0.3) is 33.2 Å². The summed E-state index contributed by atoms with van der Waals surface area (Å²) in [4.78, 5) is 12.7. The standard InChI is InChI=1S/C22H17ClN2O4/c1-2-24-22(28)20-19(14-9-5-7-12-6-3-4-8-13(12)14)21(29-25-20)15-10-16(23)18(27)11-17(15)26/h3-11,26-27H,2H2,1H3,(H,24,28). The fourth-order valence-electron chi connectivity index (χ4n) is 3.30. The van der Waals surface area contributed by atoms with E-state index in [0.717, 1.165) is 22.4 Å². The van der Waals surface area contributed by atoms with Gasteiger partial charge in [0.2, 0.25) is 0 Å². The maximum atomic E-state index is 12.7. The molecule has 1 aromatic heterocycles. The van der Waals surface area contributed by atoms with Gasteiger partial charge in [-0.1, -0.05) is 59.2 Å². The van der Waals surface area contributed by atoms with Gasteiger partial charge in [-0.15, -0.1) is 0 Å². The van der Waals surface area contributed by atoms with E-state index in [2.05, 4.69) is 10.5 Å². The molecule has 3 aromatic carbocycles. The molecule has 29 heavy (non-hydrogen) atoms. The van der Waals surface area contributed by atoms with Crippen molar-refractivity contribution in [3.63, 3.8) is 0 Å². The van der Waals surface area contributed by atoms with Gasteiger partial charge in [-0.2, -0.15) is 0 Å². The molecule has 0 saturated carbocycles. The Morgan fingerprint density at radius 3 is 2.62 bits per heavy atom. The molecule has 0 unspecified atom stereocenters. The molecule has 0 atom stereocenters. The first kappa shape index (κ1) is 18.8. The van der Waals surface area contributed by atoms with E-state index in [-0.39, 0.29) is 33.5 Å². The Balaban J connectivity index is 2.05. The molecule has 0 aliphatic carbocycles. The van der Waals surface area contributed by atoms with Crippen molar-refractivity contribution in [3.8, 4) is 33.9 Å². The Hall–Kier alpha value is -3.51. The molecule has 4 rings (SSSR count). The number of halogens is 1. The molecule has 146 valence electrons. The fourth-order valence-corrected chi connectivity index (χ4v) is 3.46. The van der Waals surface area contributed by atoms with Crippen molar-refractivity contribution in [1.29, 1.82) is 0 Å². The average molecular weight is 409 g/mol. The van der Waals surface area contributed by atoms with Crippen LogP contribution >= 0.6 is 11.6 Å². The van der Waals surface area contributed by atoms with Gasteiger partial charge in [0.1, 0.15) is 11.5 Å². The van der Waals surface area contributed by atoms with Crippen molar-refractivity contribution in [2.24, 2.45) is 0 Å². The van der Waals surface area contributed by atoms with Crippen LogP contribution in [-0.4, -0.2) is 27.8 Å². The maximum absolute atomic E-state index is 12.7. The van der Waals surface area contributed by atoms with Crippen molar-refractivity contribution in [1.82, 2.24) is 10.5 Å². The van der Waals surface area contributed by atoms with Crippen molar-refractivity contribution in [3.05, 3.63) is 65.3 Å². The molecule has 1 amide bonds. The number of rotatable bonds is 4. The van der Waals surface area contributed by atoms with Crippen LogP contribution in [0.15, 0.2) is 59.1 Å². The summed E-state index contributed by atoms with van der Waals surface area (Å²) in [6.07, 6.45) is 0. The van der Waals surface area contributed by atoms with Crippen molar-refractivity contribution < 1.29 is 19.5 Å². The molecule has 0 saturated heterocycles. The van der Waals surface area contributed by atoms with Crippen LogP contribution in [0.1, 0.15) is 17.4 Å². The maximum Gasteiger partial charge on any atom is 0.274 e. The Morgan fingerprint density at radius 2 is 1.83 bits per heavy atom. The van der Waals surface area contributed by atoms with E-state index < -0.39 is 5.91 Å². The zero-order valence-corrected chi connectivity index (χ0v) is 16.2. The second kappa shape index (κ2) is 7.48. The highest BCUT2D eigenvalue weighted by atomic mass is 35.5. The third-order valence-electron chi connectivity index (χ3n) is 4.61. The lowest BCUT2D eigenvalue weighted by atomic mass is 9.94. The summed E-state index contributed by atoms with van der Waals surface area (Å²) in [5, 5.41) is 28.8. The summed E-state index contributed by atoms with van der Waals surface area (Å²) in [7, 11) is 0. The summed E-state index contributed by atoms with van der Waals surface area (Å²) in [6.45, 7) is 2.23. The molecule has 0 radical (unpaired) electrons. The van der Waals surface area contributed by atoms with Gasteiger partial charge >= 0.3 is 0 Å². The van der Waals surface area contributed by atoms with Crippen molar-refractivity contribution >= 4 is 28.3 Å². The van der Waals surface area contributed by atoms with Gasteiger partial charge < -0.3 is 20.1 Å². The number of aromatic nitrogens is 1. The van der Waals surface area contributed by atoms with E-state index in [0.29, 0.717) is 12.1 Å². The molecular weight excluding hydrogens is 392 g/mol.